The van der Waals surface area contributed by atoms with Gasteiger partial charge in [-0.3, -0.25) is 4.79 Å². The highest BCUT2D eigenvalue weighted by Crippen LogP contribution is 2.08. The number of allylic oxidation sites excluding steroid dienone is 2. The monoisotopic (exact) mass is 196 g/mol. The Balaban J connectivity index is 3.02. The molecule has 0 radical (unpaired) electrons. The lowest BCUT2D eigenvalue weighted by atomic mass is 10.1. The van der Waals surface area contributed by atoms with Crippen molar-refractivity contribution in [3.8, 4) is 0 Å². The standard InChI is InChI=1S/C13H24O/c1-3-4-5-6-7-8-9-10-11-12-13(2)14/h11-12H,3-10H2,1-2H3. The molecule has 0 aliphatic carbocycles. The number of hydrogen-bond acceptors (Lipinski definition) is 1. The number of carbonyl (C=O) groups is 1. The summed E-state index contributed by atoms with van der Waals surface area (Å²) in [7, 11) is 0. The van der Waals surface area contributed by atoms with Crippen LogP contribution in [0.2, 0.25) is 0 Å². The van der Waals surface area contributed by atoms with Gasteiger partial charge in [-0.1, -0.05) is 51.5 Å². The Morgan fingerprint density at radius 1 is 1.00 bits per heavy atom. The van der Waals surface area contributed by atoms with Crippen molar-refractivity contribution < 1.29 is 4.79 Å². The number of ketones is 1. The zero-order chi connectivity index (χ0) is 10.6. The average molecular weight is 196 g/mol. The van der Waals surface area contributed by atoms with Gasteiger partial charge in [-0.2, -0.15) is 0 Å². The molecule has 82 valence electrons. The molecule has 0 aliphatic heterocycles. The van der Waals surface area contributed by atoms with Crippen molar-refractivity contribution in [2.24, 2.45) is 0 Å². The summed E-state index contributed by atoms with van der Waals surface area (Å²) in [5.41, 5.74) is 0. The minimum Gasteiger partial charge on any atom is -0.295 e. The summed E-state index contributed by atoms with van der Waals surface area (Å²) < 4.78 is 0. The van der Waals surface area contributed by atoms with Gasteiger partial charge >= 0.3 is 0 Å². The lowest BCUT2D eigenvalue weighted by Gasteiger charge is -1.98. The second-order valence-corrected chi connectivity index (χ2v) is 3.92. The predicted molar refractivity (Wildman–Crippen MR) is 62.4 cm³/mol. The van der Waals surface area contributed by atoms with Crippen LogP contribution < -0.4 is 0 Å². The molecule has 0 heterocycles. The molecule has 1 nitrogen and oxygen atoms in total. The maximum Gasteiger partial charge on any atom is 0.152 e. The molecule has 0 aromatic rings. The lowest BCUT2D eigenvalue weighted by molar-refractivity contribution is -0.112. The van der Waals surface area contributed by atoms with Gasteiger partial charge in [-0.05, 0) is 25.8 Å². The molecule has 0 aromatic heterocycles. The Kier molecular flexibility index (Phi) is 10.0. The van der Waals surface area contributed by atoms with E-state index < -0.39 is 0 Å². The largest absolute Gasteiger partial charge is 0.295 e. The van der Waals surface area contributed by atoms with Gasteiger partial charge in [-0.25, -0.2) is 0 Å². The van der Waals surface area contributed by atoms with Gasteiger partial charge in [0.05, 0.1) is 0 Å². The van der Waals surface area contributed by atoms with Gasteiger partial charge in [0, 0.05) is 0 Å². The van der Waals surface area contributed by atoms with Gasteiger partial charge in [0.15, 0.2) is 5.78 Å². The van der Waals surface area contributed by atoms with Crippen molar-refractivity contribution in [2.45, 2.75) is 65.2 Å². The summed E-state index contributed by atoms with van der Waals surface area (Å²) in [5.74, 6) is 0.160. The van der Waals surface area contributed by atoms with Gasteiger partial charge in [0.2, 0.25) is 0 Å². The molecule has 1 heteroatoms. The van der Waals surface area contributed by atoms with Crippen molar-refractivity contribution in [3.63, 3.8) is 0 Å². The number of rotatable bonds is 9. The van der Waals surface area contributed by atoms with Crippen LogP contribution in [0, 0.1) is 0 Å². The van der Waals surface area contributed by atoms with E-state index in [4.69, 9.17) is 0 Å². The fourth-order valence-corrected chi connectivity index (χ4v) is 1.47. The zero-order valence-corrected chi connectivity index (χ0v) is 9.72. The van der Waals surface area contributed by atoms with E-state index in [1.165, 1.54) is 44.9 Å². The second-order valence-electron chi connectivity index (χ2n) is 3.92. The minimum atomic E-state index is 0.160. The van der Waals surface area contributed by atoms with Gasteiger partial charge in [0.25, 0.3) is 0 Å². The van der Waals surface area contributed by atoms with Crippen LogP contribution in [0.5, 0.6) is 0 Å². The van der Waals surface area contributed by atoms with Crippen molar-refractivity contribution in [2.75, 3.05) is 0 Å². The van der Waals surface area contributed by atoms with E-state index >= 15 is 0 Å². The highest BCUT2D eigenvalue weighted by Gasteiger charge is 1.89. The molecule has 14 heavy (non-hydrogen) atoms. The van der Waals surface area contributed by atoms with Crippen molar-refractivity contribution >= 4 is 5.78 Å². The highest BCUT2D eigenvalue weighted by atomic mass is 16.1. The molecule has 0 spiro atoms. The van der Waals surface area contributed by atoms with E-state index in [9.17, 15) is 4.79 Å². The molecule has 0 amide bonds. The van der Waals surface area contributed by atoms with Crippen molar-refractivity contribution in [1.29, 1.82) is 0 Å². The van der Waals surface area contributed by atoms with Crippen LogP contribution >= 0.6 is 0 Å². The summed E-state index contributed by atoms with van der Waals surface area (Å²) in [6.45, 7) is 3.84. The number of carbonyl (C=O) groups excluding carboxylic acids is 1. The summed E-state index contributed by atoms with van der Waals surface area (Å²) in [5, 5.41) is 0. The Hall–Kier alpha value is -0.590. The summed E-state index contributed by atoms with van der Waals surface area (Å²) in [4.78, 5) is 10.6. The predicted octanol–water partition coefficient (Wildman–Crippen LogP) is 4.27. The molecular weight excluding hydrogens is 172 g/mol. The maximum absolute atomic E-state index is 10.6. The molecule has 0 saturated heterocycles. The second kappa shape index (κ2) is 10.5. The third-order valence-electron chi connectivity index (χ3n) is 2.33. The highest BCUT2D eigenvalue weighted by molar-refractivity contribution is 5.87. The van der Waals surface area contributed by atoms with E-state index in [1.807, 2.05) is 6.08 Å². The van der Waals surface area contributed by atoms with E-state index in [2.05, 4.69) is 6.92 Å². The van der Waals surface area contributed by atoms with Gasteiger partial charge in [0.1, 0.15) is 0 Å². The molecule has 0 fully saturated rings. The maximum atomic E-state index is 10.6. The first-order valence-corrected chi connectivity index (χ1v) is 5.94. The van der Waals surface area contributed by atoms with E-state index in [-0.39, 0.29) is 5.78 Å². The minimum absolute atomic E-state index is 0.160. The van der Waals surface area contributed by atoms with Gasteiger partial charge < -0.3 is 0 Å². The smallest absolute Gasteiger partial charge is 0.152 e. The normalized spacial score (nSPS) is 11.0. The molecule has 0 aromatic carbocycles. The molecule has 0 N–H and O–H groups in total. The molecule has 0 atom stereocenters. The molecular formula is C13H24O. The van der Waals surface area contributed by atoms with Crippen LogP contribution in [-0.4, -0.2) is 5.78 Å². The van der Waals surface area contributed by atoms with Crippen molar-refractivity contribution in [3.05, 3.63) is 12.2 Å². The van der Waals surface area contributed by atoms with Crippen LogP contribution in [0.3, 0.4) is 0 Å². The molecule has 0 rings (SSSR count). The van der Waals surface area contributed by atoms with Crippen LogP contribution in [-0.2, 0) is 4.79 Å². The van der Waals surface area contributed by atoms with E-state index in [1.54, 1.807) is 13.0 Å². The topological polar surface area (TPSA) is 17.1 Å². The SMILES string of the molecule is CCCCCCCCCC=CC(C)=O. The van der Waals surface area contributed by atoms with Crippen LogP contribution in [0.25, 0.3) is 0 Å². The number of unbranched alkanes of at least 4 members (excludes halogenated alkanes) is 7. The quantitative estimate of drug-likeness (QED) is 0.397. The van der Waals surface area contributed by atoms with Crippen LogP contribution in [0.4, 0.5) is 0 Å². The van der Waals surface area contributed by atoms with Gasteiger partial charge in [-0.15, -0.1) is 0 Å². The summed E-state index contributed by atoms with van der Waals surface area (Å²) in [6.07, 6.45) is 14.1. The first-order chi connectivity index (χ1) is 6.77. The number of hydrogen-bond donors (Lipinski definition) is 0. The molecule has 0 aliphatic rings. The third-order valence-corrected chi connectivity index (χ3v) is 2.33. The summed E-state index contributed by atoms with van der Waals surface area (Å²) in [6, 6.07) is 0. The fraction of sp³-hybridized carbons (Fsp3) is 0.769. The van der Waals surface area contributed by atoms with E-state index in [0.717, 1.165) is 6.42 Å². The molecule has 0 saturated carbocycles. The molecule has 0 bridgehead atoms. The fourth-order valence-electron chi connectivity index (χ4n) is 1.47. The van der Waals surface area contributed by atoms with Crippen LogP contribution in [0.15, 0.2) is 12.2 Å². The average Bonchev–Trinajstić information content (AvgIpc) is 2.15. The Bertz CT molecular complexity index is 159. The Morgan fingerprint density at radius 3 is 2.14 bits per heavy atom. The first-order valence-electron chi connectivity index (χ1n) is 5.94. The molecule has 0 unspecified atom stereocenters. The summed E-state index contributed by atoms with van der Waals surface area (Å²) >= 11 is 0. The third kappa shape index (κ3) is 11.4. The Labute approximate surface area is 88.6 Å². The first kappa shape index (κ1) is 13.4. The lowest BCUT2D eigenvalue weighted by Crippen LogP contribution is -1.81. The zero-order valence-electron chi connectivity index (χ0n) is 9.72. The van der Waals surface area contributed by atoms with Crippen LogP contribution in [0.1, 0.15) is 65.2 Å². The van der Waals surface area contributed by atoms with E-state index in [0.29, 0.717) is 0 Å². The Morgan fingerprint density at radius 2 is 1.57 bits per heavy atom. The van der Waals surface area contributed by atoms with Crippen molar-refractivity contribution in [1.82, 2.24) is 0 Å².